The van der Waals surface area contributed by atoms with Crippen LogP contribution in [-0.4, -0.2) is 51.0 Å². The summed E-state index contributed by atoms with van der Waals surface area (Å²) in [5.74, 6) is -3.54. The fourth-order valence-corrected chi connectivity index (χ4v) is 5.09. The fourth-order valence-electron chi connectivity index (χ4n) is 3.81. The summed E-state index contributed by atoms with van der Waals surface area (Å²) in [6.45, 7) is -0.723. The minimum Gasteiger partial charge on any atom is -0.357 e. The van der Waals surface area contributed by atoms with E-state index in [9.17, 15) is 26.8 Å². The SMILES string of the molecule is CNC(=O)C(Cc1ccccc1)N(Cc1cccc(Br)c1)C(=O)CN(c1ccc(F)c(F)c1)S(C)(=O)=O. The van der Waals surface area contributed by atoms with E-state index in [1.54, 1.807) is 18.2 Å². The predicted octanol–water partition coefficient (Wildman–Crippen LogP) is 3.88. The van der Waals surface area contributed by atoms with Gasteiger partial charge in [-0.15, -0.1) is 0 Å². The van der Waals surface area contributed by atoms with E-state index >= 15 is 0 Å². The molecule has 11 heteroatoms. The third-order valence-electron chi connectivity index (χ3n) is 5.63. The van der Waals surface area contributed by atoms with E-state index < -0.39 is 46.1 Å². The molecule has 0 fully saturated rings. The molecule has 0 spiro atoms. The second kappa shape index (κ2) is 12.3. The smallest absolute Gasteiger partial charge is 0.244 e. The lowest BCUT2D eigenvalue weighted by Crippen LogP contribution is -2.52. The van der Waals surface area contributed by atoms with Gasteiger partial charge in [-0.1, -0.05) is 58.4 Å². The molecule has 0 saturated heterocycles. The Morgan fingerprint density at radius 2 is 1.62 bits per heavy atom. The molecular weight excluding hydrogens is 568 g/mol. The Bertz CT molecular complexity index is 1370. The summed E-state index contributed by atoms with van der Waals surface area (Å²) >= 11 is 3.40. The van der Waals surface area contributed by atoms with Crippen molar-refractivity contribution in [1.29, 1.82) is 0 Å². The van der Waals surface area contributed by atoms with Gasteiger partial charge >= 0.3 is 0 Å². The van der Waals surface area contributed by atoms with Crippen LogP contribution in [-0.2, 0) is 32.6 Å². The third kappa shape index (κ3) is 7.59. The van der Waals surface area contributed by atoms with Crippen molar-refractivity contribution in [3.63, 3.8) is 0 Å². The van der Waals surface area contributed by atoms with Crippen molar-refractivity contribution in [2.75, 3.05) is 24.2 Å². The van der Waals surface area contributed by atoms with Gasteiger partial charge in [-0.2, -0.15) is 0 Å². The third-order valence-corrected chi connectivity index (χ3v) is 7.26. The van der Waals surface area contributed by atoms with Gasteiger partial charge in [-0.3, -0.25) is 13.9 Å². The van der Waals surface area contributed by atoms with Crippen LogP contribution in [0.15, 0.2) is 77.3 Å². The van der Waals surface area contributed by atoms with Crippen LogP contribution in [0.25, 0.3) is 0 Å². The monoisotopic (exact) mass is 593 g/mol. The largest absolute Gasteiger partial charge is 0.357 e. The Kier molecular flexibility index (Phi) is 9.39. The number of likely N-dealkylation sites (N-methyl/N-ethyl adjacent to an activating group) is 1. The second-order valence-electron chi connectivity index (χ2n) is 8.34. The van der Waals surface area contributed by atoms with Crippen molar-refractivity contribution >= 4 is 43.5 Å². The molecular formula is C26H26BrF2N3O4S. The molecule has 2 amide bonds. The highest BCUT2D eigenvalue weighted by molar-refractivity contribution is 9.10. The average Bonchev–Trinajstić information content (AvgIpc) is 2.86. The summed E-state index contributed by atoms with van der Waals surface area (Å²) < 4.78 is 54.1. The first kappa shape index (κ1) is 28.3. The van der Waals surface area contributed by atoms with Crippen LogP contribution >= 0.6 is 15.9 Å². The van der Waals surface area contributed by atoms with Crippen LogP contribution < -0.4 is 9.62 Å². The summed E-state index contributed by atoms with van der Waals surface area (Å²) in [6, 6.07) is 17.8. The molecule has 1 N–H and O–H groups in total. The number of nitrogens with zero attached hydrogens (tertiary/aromatic N) is 2. The number of anilines is 1. The number of hydrogen-bond acceptors (Lipinski definition) is 4. The number of sulfonamides is 1. The van der Waals surface area contributed by atoms with Gasteiger partial charge in [-0.25, -0.2) is 17.2 Å². The maximum atomic E-state index is 13.9. The van der Waals surface area contributed by atoms with Crippen LogP contribution in [0.4, 0.5) is 14.5 Å². The van der Waals surface area contributed by atoms with E-state index in [1.165, 1.54) is 11.9 Å². The molecule has 37 heavy (non-hydrogen) atoms. The van der Waals surface area contributed by atoms with E-state index in [0.717, 1.165) is 28.4 Å². The highest BCUT2D eigenvalue weighted by Gasteiger charge is 2.32. The molecule has 1 atom stereocenters. The zero-order valence-electron chi connectivity index (χ0n) is 20.2. The molecule has 196 valence electrons. The van der Waals surface area contributed by atoms with Crippen LogP contribution in [0.3, 0.4) is 0 Å². The molecule has 0 aliphatic carbocycles. The second-order valence-corrected chi connectivity index (χ2v) is 11.2. The van der Waals surface area contributed by atoms with Gasteiger partial charge in [0.25, 0.3) is 0 Å². The van der Waals surface area contributed by atoms with Gasteiger partial charge in [0, 0.05) is 30.6 Å². The van der Waals surface area contributed by atoms with Gasteiger partial charge in [-0.05, 0) is 35.4 Å². The van der Waals surface area contributed by atoms with Gasteiger partial charge in [0.05, 0.1) is 11.9 Å². The zero-order chi connectivity index (χ0) is 27.2. The number of halogens is 3. The van der Waals surface area contributed by atoms with Crippen LogP contribution in [0, 0.1) is 11.6 Å². The van der Waals surface area contributed by atoms with Crippen LogP contribution in [0.2, 0.25) is 0 Å². The van der Waals surface area contributed by atoms with Crippen molar-refractivity contribution in [2.24, 2.45) is 0 Å². The molecule has 0 aliphatic heterocycles. The number of carbonyl (C=O) groups is 2. The molecule has 3 aromatic carbocycles. The Morgan fingerprint density at radius 3 is 2.22 bits per heavy atom. The van der Waals surface area contributed by atoms with E-state index in [-0.39, 0.29) is 18.7 Å². The lowest BCUT2D eigenvalue weighted by Gasteiger charge is -2.33. The summed E-state index contributed by atoms with van der Waals surface area (Å²) in [7, 11) is -2.63. The minimum absolute atomic E-state index is 0.00141. The first-order chi connectivity index (χ1) is 17.5. The molecule has 3 aromatic rings. The molecule has 0 bridgehead atoms. The van der Waals surface area contributed by atoms with Crippen molar-refractivity contribution < 1.29 is 26.8 Å². The molecule has 0 heterocycles. The van der Waals surface area contributed by atoms with Crippen molar-refractivity contribution in [3.05, 3.63) is 100 Å². The van der Waals surface area contributed by atoms with E-state index in [2.05, 4.69) is 21.2 Å². The Labute approximate surface area is 223 Å². The Morgan fingerprint density at radius 1 is 0.946 bits per heavy atom. The first-order valence-electron chi connectivity index (χ1n) is 11.2. The van der Waals surface area contributed by atoms with Crippen LogP contribution in [0.1, 0.15) is 11.1 Å². The topological polar surface area (TPSA) is 86.8 Å². The number of carbonyl (C=O) groups excluding carboxylic acids is 2. The maximum absolute atomic E-state index is 13.9. The molecule has 3 rings (SSSR count). The fraction of sp³-hybridized carbons (Fsp3) is 0.231. The summed E-state index contributed by atoms with van der Waals surface area (Å²) in [4.78, 5) is 28.0. The molecule has 7 nitrogen and oxygen atoms in total. The van der Waals surface area contributed by atoms with Crippen LogP contribution in [0.5, 0.6) is 0 Å². The molecule has 1 unspecified atom stereocenters. The number of rotatable bonds is 10. The van der Waals surface area contributed by atoms with E-state index in [4.69, 9.17) is 0 Å². The van der Waals surface area contributed by atoms with Gasteiger partial charge in [0.2, 0.25) is 21.8 Å². The Balaban J connectivity index is 2.04. The number of amides is 2. The summed E-state index contributed by atoms with van der Waals surface area (Å²) in [5, 5.41) is 2.58. The van der Waals surface area contributed by atoms with Crippen molar-refractivity contribution in [2.45, 2.75) is 19.0 Å². The summed E-state index contributed by atoms with van der Waals surface area (Å²) in [6.07, 6.45) is 1.03. The average molecular weight is 594 g/mol. The predicted molar refractivity (Wildman–Crippen MR) is 141 cm³/mol. The van der Waals surface area contributed by atoms with Gasteiger partial charge < -0.3 is 10.2 Å². The highest BCUT2D eigenvalue weighted by atomic mass is 79.9. The zero-order valence-corrected chi connectivity index (χ0v) is 22.6. The lowest BCUT2D eigenvalue weighted by atomic mass is 10.0. The maximum Gasteiger partial charge on any atom is 0.244 e. The Hall–Kier alpha value is -3.31. The summed E-state index contributed by atoms with van der Waals surface area (Å²) in [5.41, 5.74) is 1.28. The molecule has 0 aliphatic rings. The number of hydrogen-bond donors (Lipinski definition) is 1. The van der Waals surface area contributed by atoms with Gasteiger partial charge in [0.1, 0.15) is 12.6 Å². The molecule has 0 radical (unpaired) electrons. The lowest BCUT2D eigenvalue weighted by molar-refractivity contribution is -0.139. The molecule has 0 aromatic heterocycles. The number of benzene rings is 3. The standard InChI is InChI=1S/C26H26BrF2N3O4S/c1-30-26(34)24(14-18-7-4-3-5-8-18)31(16-19-9-6-10-20(27)13-19)25(33)17-32(37(2,35)36)21-11-12-22(28)23(29)15-21/h3-13,15,24H,14,16-17H2,1-2H3,(H,30,34). The number of nitrogens with one attached hydrogen (secondary N) is 1. The quantitative estimate of drug-likeness (QED) is 0.386. The van der Waals surface area contributed by atoms with E-state index in [1.807, 2.05) is 36.4 Å². The van der Waals surface area contributed by atoms with E-state index in [0.29, 0.717) is 15.9 Å². The van der Waals surface area contributed by atoms with Crippen molar-refractivity contribution in [1.82, 2.24) is 10.2 Å². The highest BCUT2D eigenvalue weighted by Crippen LogP contribution is 2.23. The molecule has 0 saturated carbocycles. The minimum atomic E-state index is -4.08. The van der Waals surface area contributed by atoms with Crippen molar-refractivity contribution in [3.8, 4) is 0 Å². The normalized spacial score (nSPS) is 12.0. The first-order valence-corrected chi connectivity index (χ1v) is 13.9. The van der Waals surface area contributed by atoms with Gasteiger partial charge in [0.15, 0.2) is 11.6 Å².